The topological polar surface area (TPSA) is 24.1 Å². The molecule has 0 fully saturated rings. The van der Waals surface area contributed by atoms with E-state index in [0.29, 0.717) is 6.04 Å². The Balaban J connectivity index is 1.49. The van der Waals surface area contributed by atoms with Crippen LogP contribution >= 0.6 is 0 Å². The first-order chi connectivity index (χ1) is 10.9. The van der Waals surface area contributed by atoms with Gasteiger partial charge in [-0.05, 0) is 41.3 Å². The van der Waals surface area contributed by atoms with Crippen molar-refractivity contribution in [1.29, 1.82) is 0 Å². The summed E-state index contributed by atoms with van der Waals surface area (Å²) < 4.78 is 0. The standard InChI is InChI=1S/C20H20N2/c1-2-9-18-15(6-1)7-5-8-16(18)12-13-17-14-21-19-10-3-4-11-20(19)22-17/h1-11,17,21-22H,12-14H2/t17-/m0/s1. The van der Waals surface area contributed by atoms with Crippen LogP contribution in [-0.4, -0.2) is 12.6 Å². The Bertz CT molecular complexity index is 789. The fraction of sp³-hybridized carbons (Fsp3) is 0.200. The van der Waals surface area contributed by atoms with Crippen molar-refractivity contribution in [3.8, 4) is 0 Å². The first-order valence-corrected chi connectivity index (χ1v) is 7.96. The highest BCUT2D eigenvalue weighted by Crippen LogP contribution is 2.27. The highest BCUT2D eigenvalue weighted by molar-refractivity contribution is 5.85. The number of fused-ring (bicyclic) bond motifs is 2. The predicted octanol–water partition coefficient (Wildman–Crippen LogP) is 4.68. The zero-order valence-corrected chi connectivity index (χ0v) is 12.5. The van der Waals surface area contributed by atoms with E-state index in [9.17, 15) is 0 Å². The van der Waals surface area contributed by atoms with E-state index in [4.69, 9.17) is 0 Å². The van der Waals surface area contributed by atoms with Gasteiger partial charge in [0.25, 0.3) is 0 Å². The molecule has 0 spiro atoms. The minimum absolute atomic E-state index is 0.480. The van der Waals surface area contributed by atoms with E-state index >= 15 is 0 Å². The van der Waals surface area contributed by atoms with Gasteiger partial charge in [-0.1, -0.05) is 54.6 Å². The maximum Gasteiger partial charge on any atom is 0.0578 e. The summed E-state index contributed by atoms with van der Waals surface area (Å²) in [5.41, 5.74) is 3.87. The molecule has 0 aliphatic carbocycles. The number of anilines is 2. The van der Waals surface area contributed by atoms with Gasteiger partial charge in [0.1, 0.15) is 0 Å². The molecule has 0 amide bonds. The van der Waals surface area contributed by atoms with Gasteiger partial charge in [-0.25, -0.2) is 0 Å². The van der Waals surface area contributed by atoms with Crippen LogP contribution in [0.5, 0.6) is 0 Å². The summed E-state index contributed by atoms with van der Waals surface area (Å²) in [6.45, 7) is 0.988. The van der Waals surface area contributed by atoms with Gasteiger partial charge < -0.3 is 10.6 Å². The second kappa shape index (κ2) is 5.72. The Morgan fingerprint density at radius 1 is 0.818 bits per heavy atom. The van der Waals surface area contributed by atoms with Crippen LogP contribution in [0.2, 0.25) is 0 Å². The maximum absolute atomic E-state index is 3.65. The fourth-order valence-corrected chi connectivity index (χ4v) is 3.28. The first-order valence-electron chi connectivity index (χ1n) is 7.96. The summed E-state index contributed by atoms with van der Waals surface area (Å²) in [5, 5.41) is 9.89. The average molecular weight is 288 g/mol. The van der Waals surface area contributed by atoms with Gasteiger partial charge in [0, 0.05) is 12.6 Å². The Hall–Kier alpha value is -2.48. The molecule has 2 heteroatoms. The number of hydrogen-bond acceptors (Lipinski definition) is 2. The van der Waals surface area contributed by atoms with Gasteiger partial charge >= 0.3 is 0 Å². The third-order valence-electron chi connectivity index (χ3n) is 4.47. The minimum Gasteiger partial charge on any atom is -0.381 e. The number of benzene rings is 3. The first kappa shape index (κ1) is 13.2. The van der Waals surface area contributed by atoms with Crippen molar-refractivity contribution < 1.29 is 0 Å². The van der Waals surface area contributed by atoms with E-state index < -0.39 is 0 Å². The zero-order valence-electron chi connectivity index (χ0n) is 12.5. The maximum atomic E-state index is 3.65. The number of aryl methyl sites for hydroxylation is 1. The second-order valence-electron chi connectivity index (χ2n) is 5.94. The molecule has 1 heterocycles. The van der Waals surface area contributed by atoms with Crippen LogP contribution in [0.15, 0.2) is 66.7 Å². The van der Waals surface area contributed by atoms with Crippen molar-refractivity contribution in [2.24, 2.45) is 0 Å². The molecule has 2 N–H and O–H groups in total. The Labute approximate surface area is 131 Å². The van der Waals surface area contributed by atoms with Crippen LogP contribution < -0.4 is 10.6 Å². The molecular weight excluding hydrogens is 268 g/mol. The zero-order chi connectivity index (χ0) is 14.8. The molecule has 1 aliphatic heterocycles. The lowest BCUT2D eigenvalue weighted by Gasteiger charge is -2.28. The molecule has 2 nitrogen and oxygen atoms in total. The van der Waals surface area contributed by atoms with Gasteiger partial charge in [0.2, 0.25) is 0 Å². The van der Waals surface area contributed by atoms with Crippen LogP contribution in [0.1, 0.15) is 12.0 Å². The second-order valence-corrected chi connectivity index (χ2v) is 5.94. The normalized spacial score (nSPS) is 16.6. The van der Waals surface area contributed by atoms with Crippen molar-refractivity contribution in [1.82, 2.24) is 0 Å². The van der Waals surface area contributed by atoms with Crippen LogP contribution in [-0.2, 0) is 6.42 Å². The lowest BCUT2D eigenvalue weighted by molar-refractivity contribution is 0.670. The van der Waals surface area contributed by atoms with Gasteiger partial charge in [-0.2, -0.15) is 0 Å². The predicted molar refractivity (Wildman–Crippen MR) is 94.6 cm³/mol. The molecule has 0 unspecified atom stereocenters. The van der Waals surface area contributed by atoms with Gasteiger partial charge in [-0.3, -0.25) is 0 Å². The van der Waals surface area contributed by atoms with Crippen LogP contribution in [0.25, 0.3) is 10.8 Å². The van der Waals surface area contributed by atoms with Crippen LogP contribution in [0.3, 0.4) is 0 Å². The Kier molecular flexibility index (Phi) is 3.43. The van der Waals surface area contributed by atoms with E-state index in [1.165, 1.54) is 27.7 Å². The summed E-state index contributed by atoms with van der Waals surface area (Å²) in [5.74, 6) is 0. The minimum atomic E-state index is 0.480. The van der Waals surface area contributed by atoms with E-state index in [1.807, 2.05) is 0 Å². The molecule has 1 atom stereocenters. The molecule has 0 saturated carbocycles. The molecule has 3 aromatic rings. The summed E-state index contributed by atoms with van der Waals surface area (Å²) >= 11 is 0. The highest BCUT2D eigenvalue weighted by Gasteiger charge is 2.16. The third kappa shape index (κ3) is 2.52. The van der Waals surface area contributed by atoms with Gasteiger partial charge in [0.05, 0.1) is 11.4 Å². The van der Waals surface area contributed by atoms with Crippen LogP contribution in [0, 0.1) is 0 Å². The van der Waals surface area contributed by atoms with E-state index in [0.717, 1.165) is 19.4 Å². The van der Waals surface area contributed by atoms with Crippen molar-refractivity contribution >= 4 is 22.1 Å². The van der Waals surface area contributed by atoms with Crippen molar-refractivity contribution in [2.75, 3.05) is 17.2 Å². The number of hydrogen-bond donors (Lipinski definition) is 2. The molecule has 0 saturated heterocycles. The van der Waals surface area contributed by atoms with Crippen molar-refractivity contribution in [2.45, 2.75) is 18.9 Å². The van der Waals surface area contributed by atoms with Crippen molar-refractivity contribution in [3.63, 3.8) is 0 Å². The molecule has 110 valence electrons. The largest absolute Gasteiger partial charge is 0.381 e. The van der Waals surface area contributed by atoms with Crippen LogP contribution in [0.4, 0.5) is 11.4 Å². The molecule has 4 rings (SSSR count). The summed E-state index contributed by atoms with van der Waals surface area (Å²) in [6.07, 6.45) is 2.23. The van der Waals surface area contributed by atoms with Gasteiger partial charge in [-0.15, -0.1) is 0 Å². The molecule has 1 aliphatic rings. The Morgan fingerprint density at radius 2 is 1.59 bits per heavy atom. The summed E-state index contributed by atoms with van der Waals surface area (Å²) in [7, 11) is 0. The van der Waals surface area contributed by atoms with E-state index in [1.54, 1.807) is 0 Å². The SMILES string of the molecule is c1ccc2c(c1)NC[C@H](CCc1cccc3ccccc13)N2. The molecular formula is C20H20N2. The molecule has 22 heavy (non-hydrogen) atoms. The van der Waals surface area contributed by atoms with Gasteiger partial charge in [0.15, 0.2) is 0 Å². The quantitative estimate of drug-likeness (QED) is 0.731. The molecule has 0 bridgehead atoms. The van der Waals surface area contributed by atoms with Crippen molar-refractivity contribution in [3.05, 3.63) is 72.3 Å². The summed E-state index contributed by atoms with van der Waals surface area (Å²) in [4.78, 5) is 0. The number of nitrogens with one attached hydrogen (secondary N) is 2. The molecule has 0 aromatic heterocycles. The fourth-order valence-electron chi connectivity index (χ4n) is 3.28. The van der Waals surface area contributed by atoms with E-state index in [2.05, 4.69) is 77.4 Å². The Morgan fingerprint density at radius 3 is 2.55 bits per heavy atom. The average Bonchev–Trinajstić information content (AvgIpc) is 2.60. The lowest BCUT2D eigenvalue weighted by Crippen LogP contribution is -2.33. The highest BCUT2D eigenvalue weighted by atomic mass is 15.1. The molecule has 3 aromatic carbocycles. The third-order valence-corrected chi connectivity index (χ3v) is 4.47. The number of rotatable bonds is 3. The number of para-hydroxylation sites is 2. The van der Waals surface area contributed by atoms with E-state index in [-0.39, 0.29) is 0 Å². The molecule has 0 radical (unpaired) electrons. The smallest absolute Gasteiger partial charge is 0.0578 e. The lowest BCUT2D eigenvalue weighted by atomic mass is 9.98. The monoisotopic (exact) mass is 288 g/mol. The summed E-state index contributed by atoms with van der Waals surface area (Å²) in [6, 6.07) is 24.2.